The number of aromatic nitrogens is 4. The smallest absolute Gasteiger partial charge is 0.324 e. The van der Waals surface area contributed by atoms with Crippen LogP contribution in [0.15, 0.2) is 59.8 Å². The molecule has 0 spiro atoms. The molecule has 8 nitrogen and oxygen atoms in total. The molecule has 2 aromatic carbocycles. The summed E-state index contributed by atoms with van der Waals surface area (Å²) in [4.78, 5) is 21.3. The first kappa shape index (κ1) is 22.7. The Hall–Kier alpha value is -4.06. The molecule has 12 heteroatoms. The minimum absolute atomic E-state index is 0.0712. The molecule has 0 bridgehead atoms. The SMILES string of the molecule is Cc1cc(C)cc(Nc2ncc(-c3ccc4c(c3)C(=O)NS4=O)c(-n3ccc(C(F)(F)F)n3)n2)c1. The number of benzene rings is 2. The molecular formula is C23H17F3N6O2S. The zero-order chi connectivity index (χ0) is 24.9. The van der Waals surface area contributed by atoms with E-state index in [0.29, 0.717) is 21.7 Å². The molecule has 178 valence electrons. The Labute approximate surface area is 199 Å². The number of hydrogen-bond donors (Lipinski definition) is 2. The number of carbonyl (C=O) groups excluding carboxylic acids is 1. The zero-order valence-electron chi connectivity index (χ0n) is 18.3. The molecule has 35 heavy (non-hydrogen) atoms. The highest BCUT2D eigenvalue weighted by atomic mass is 32.2. The maximum absolute atomic E-state index is 13.2. The van der Waals surface area contributed by atoms with Crippen LogP contribution in [0.4, 0.5) is 24.8 Å². The van der Waals surface area contributed by atoms with E-state index in [0.717, 1.165) is 28.1 Å². The number of carbonyl (C=O) groups is 1. The lowest BCUT2D eigenvalue weighted by Crippen LogP contribution is -2.15. The van der Waals surface area contributed by atoms with Gasteiger partial charge in [-0.2, -0.15) is 23.3 Å². The summed E-state index contributed by atoms with van der Waals surface area (Å²) in [5, 5.41) is 6.74. The molecule has 2 aromatic heterocycles. The highest BCUT2D eigenvalue weighted by Crippen LogP contribution is 2.32. The van der Waals surface area contributed by atoms with Gasteiger partial charge in [0, 0.05) is 23.6 Å². The molecule has 0 saturated carbocycles. The highest BCUT2D eigenvalue weighted by Gasteiger charge is 2.34. The van der Waals surface area contributed by atoms with Gasteiger partial charge in [0.15, 0.2) is 22.5 Å². The van der Waals surface area contributed by atoms with E-state index in [1.807, 2.05) is 32.0 Å². The Kier molecular flexibility index (Phi) is 5.39. The van der Waals surface area contributed by atoms with E-state index >= 15 is 0 Å². The van der Waals surface area contributed by atoms with Crippen molar-refractivity contribution in [2.24, 2.45) is 0 Å². The van der Waals surface area contributed by atoms with E-state index in [1.165, 1.54) is 18.3 Å². The average Bonchev–Trinajstić information content (AvgIpc) is 3.38. The quantitative estimate of drug-likeness (QED) is 0.430. The lowest BCUT2D eigenvalue weighted by molar-refractivity contribution is -0.141. The van der Waals surface area contributed by atoms with Crippen LogP contribution in [0.1, 0.15) is 27.2 Å². The summed E-state index contributed by atoms with van der Waals surface area (Å²) in [6.45, 7) is 3.87. The Bertz CT molecular complexity index is 1500. The minimum atomic E-state index is -4.63. The van der Waals surface area contributed by atoms with E-state index in [4.69, 9.17) is 0 Å². The first-order valence-corrected chi connectivity index (χ1v) is 11.5. The molecule has 3 heterocycles. The molecule has 1 aliphatic heterocycles. The predicted molar refractivity (Wildman–Crippen MR) is 123 cm³/mol. The first-order chi connectivity index (χ1) is 16.6. The summed E-state index contributed by atoms with van der Waals surface area (Å²) in [7, 11) is -1.65. The third-order valence-electron chi connectivity index (χ3n) is 5.26. The van der Waals surface area contributed by atoms with Crippen LogP contribution in [0.25, 0.3) is 16.9 Å². The van der Waals surface area contributed by atoms with Gasteiger partial charge in [-0.05, 0) is 60.9 Å². The van der Waals surface area contributed by atoms with Crippen LogP contribution in [0.2, 0.25) is 0 Å². The van der Waals surface area contributed by atoms with Gasteiger partial charge in [0.05, 0.1) is 10.5 Å². The molecule has 1 atom stereocenters. The summed E-state index contributed by atoms with van der Waals surface area (Å²) >= 11 is 0. The Morgan fingerprint density at radius 1 is 1.03 bits per heavy atom. The van der Waals surface area contributed by atoms with Crippen LogP contribution < -0.4 is 10.0 Å². The van der Waals surface area contributed by atoms with Gasteiger partial charge in [-0.1, -0.05) is 12.1 Å². The standard InChI is InChI=1S/C23H17F3N6O2S/c1-12-7-13(2)9-15(8-12)28-22-27-11-17(14-3-4-18-16(10-14)21(33)31-35(18)34)20(29-22)32-6-5-19(30-32)23(24,25)26/h3-11H,1-2H3,(H,31,33)(H,27,28,29). The molecule has 5 rings (SSSR count). The molecular weight excluding hydrogens is 481 g/mol. The highest BCUT2D eigenvalue weighted by molar-refractivity contribution is 7.84. The molecule has 0 saturated heterocycles. The second-order valence-electron chi connectivity index (χ2n) is 7.99. The largest absolute Gasteiger partial charge is 0.435 e. The van der Waals surface area contributed by atoms with Crippen LogP contribution in [0.5, 0.6) is 0 Å². The van der Waals surface area contributed by atoms with Crippen molar-refractivity contribution < 1.29 is 22.2 Å². The Morgan fingerprint density at radius 3 is 2.46 bits per heavy atom. The average molecular weight is 498 g/mol. The van der Waals surface area contributed by atoms with Crippen LogP contribution in [-0.4, -0.2) is 29.9 Å². The molecule has 0 aliphatic carbocycles. The summed E-state index contributed by atoms with van der Waals surface area (Å²) in [5.41, 5.74) is 2.67. The van der Waals surface area contributed by atoms with Crippen LogP contribution in [0.3, 0.4) is 0 Å². The van der Waals surface area contributed by atoms with Gasteiger partial charge in [0.1, 0.15) is 0 Å². The fourth-order valence-electron chi connectivity index (χ4n) is 3.81. The van der Waals surface area contributed by atoms with Gasteiger partial charge in [0.2, 0.25) is 5.95 Å². The summed E-state index contributed by atoms with van der Waals surface area (Å²) in [5.74, 6) is -0.283. The maximum Gasteiger partial charge on any atom is 0.435 e. The second kappa shape index (κ2) is 8.31. The van der Waals surface area contributed by atoms with Crippen molar-refractivity contribution in [2.75, 3.05) is 5.32 Å². The van der Waals surface area contributed by atoms with Crippen molar-refractivity contribution in [1.82, 2.24) is 24.5 Å². The van der Waals surface area contributed by atoms with Crippen molar-refractivity contribution in [3.63, 3.8) is 0 Å². The zero-order valence-corrected chi connectivity index (χ0v) is 19.2. The van der Waals surface area contributed by atoms with Crippen LogP contribution in [0, 0.1) is 13.8 Å². The first-order valence-electron chi connectivity index (χ1n) is 10.3. The van der Waals surface area contributed by atoms with Gasteiger partial charge in [-0.3, -0.25) is 9.52 Å². The Morgan fingerprint density at radius 2 is 1.77 bits per heavy atom. The third kappa shape index (κ3) is 4.39. The van der Waals surface area contributed by atoms with Crippen LogP contribution in [-0.2, 0) is 17.2 Å². The van der Waals surface area contributed by atoms with Gasteiger partial charge < -0.3 is 5.32 Å². The molecule has 2 N–H and O–H groups in total. The molecule has 1 unspecified atom stereocenters. The van der Waals surface area contributed by atoms with Gasteiger partial charge in [-0.25, -0.2) is 13.9 Å². The van der Waals surface area contributed by atoms with Gasteiger partial charge >= 0.3 is 6.18 Å². The molecule has 1 amide bonds. The number of fused-ring (bicyclic) bond motifs is 1. The number of nitrogens with one attached hydrogen (secondary N) is 2. The van der Waals surface area contributed by atoms with Crippen molar-refractivity contribution >= 4 is 28.5 Å². The van der Waals surface area contributed by atoms with E-state index in [2.05, 4.69) is 25.1 Å². The molecule has 0 fully saturated rings. The number of nitrogens with zero attached hydrogens (tertiary/aromatic N) is 4. The molecule has 4 aromatic rings. The Balaban J connectivity index is 1.63. The number of hydrogen-bond acceptors (Lipinski definition) is 6. The summed E-state index contributed by atoms with van der Waals surface area (Å²) < 4.78 is 55.0. The normalized spacial score (nSPS) is 15.1. The number of halogens is 3. The van der Waals surface area contributed by atoms with E-state index < -0.39 is 28.8 Å². The number of rotatable bonds is 4. The monoisotopic (exact) mass is 498 g/mol. The van der Waals surface area contributed by atoms with Crippen LogP contribution >= 0.6 is 0 Å². The fraction of sp³-hybridized carbons (Fsp3) is 0.130. The third-order valence-corrected chi connectivity index (χ3v) is 6.39. The lowest BCUT2D eigenvalue weighted by Gasteiger charge is -2.13. The summed E-state index contributed by atoms with van der Waals surface area (Å²) in [6, 6.07) is 11.3. The minimum Gasteiger partial charge on any atom is -0.324 e. The lowest BCUT2D eigenvalue weighted by atomic mass is 10.0. The predicted octanol–water partition coefficient (Wildman–Crippen LogP) is 4.47. The maximum atomic E-state index is 13.2. The molecule has 1 aliphatic rings. The van der Waals surface area contributed by atoms with E-state index in [1.54, 1.807) is 6.07 Å². The second-order valence-corrected chi connectivity index (χ2v) is 9.17. The van der Waals surface area contributed by atoms with Gasteiger partial charge in [0.25, 0.3) is 5.91 Å². The summed E-state index contributed by atoms with van der Waals surface area (Å²) in [6.07, 6.45) is -2.04. The fourth-order valence-corrected chi connectivity index (χ4v) is 4.74. The van der Waals surface area contributed by atoms with Crippen molar-refractivity contribution in [3.05, 3.63) is 77.2 Å². The number of anilines is 2. The topological polar surface area (TPSA) is 102 Å². The number of aryl methyl sites for hydroxylation is 2. The van der Waals surface area contributed by atoms with E-state index in [-0.39, 0.29) is 17.3 Å². The van der Waals surface area contributed by atoms with Crippen molar-refractivity contribution in [2.45, 2.75) is 24.9 Å². The van der Waals surface area contributed by atoms with Gasteiger partial charge in [-0.15, -0.1) is 0 Å². The van der Waals surface area contributed by atoms with E-state index in [9.17, 15) is 22.2 Å². The molecule has 0 radical (unpaired) electrons. The van der Waals surface area contributed by atoms with Crippen molar-refractivity contribution in [1.29, 1.82) is 0 Å². The number of amides is 1. The van der Waals surface area contributed by atoms with Crippen molar-refractivity contribution in [3.8, 4) is 16.9 Å². The number of alkyl halides is 3.